The molecule has 0 unspecified atom stereocenters. The van der Waals surface area contributed by atoms with Crippen molar-refractivity contribution in [3.63, 3.8) is 0 Å². The van der Waals surface area contributed by atoms with E-state index < -0.39 is 36.2 Å². The number of aliphatic hydroxyl groups excluding tert-OH is 1. The van der Waals surface area contributed by atoms with E-state index in [-0.39, 0.29) is 31.5 Å². The van der Waals surface area contributed by atoms with Crippen LogP contribution in [-0.4, -0.2) is 53.9 Å². The molecule has 0 saturated carbocycles. The molecule has 0 radical (unpaired) electrons. The van der Waals surface area contributed by atoms with Crippen molar-refractivity contribution in [3.05, 3.63) is 137 Å². The van der Waals surface area contributed by atoms with Crippen molar-refractivity contribution in [2.45, 2.75) is 84.2 Å². The second-order valence-electron chi connectivity index (χ2n) is 13.5. The minimum absolute atomic E-state index is 0.0716. The lowest BCUT2D eigenvalue weighted by molar-refractivity contribution is -0.126. The number of para-hydroxylation sites is 1. The molecule has 51 heavy (non-hydrogen) atoms. The lowest BCUT2D eigenvalue weighted by Gasteiger charge is -2.30. The maximum atomic E-state index is 13.8. The average molecular weight is 694 g/mol. The standard InChI is InChI=1S/C42H51N3O6/c1-29(2)23-37(45-42(49)51-27-34-21-12-7-13-22-34)41(48)44-36(25-33-19-10-6-11-20-33)38(46)26-35(24-32-17-8-5-9-18-32)43-39(47)28-50-40-30(3)15-14-16-31(40)4/h5-22,29,35-38,46H,23-28H2,1-4H3,(H,43,47)(H,44,48)(H,45,49)/t35-,36-,37-,38-/m0/s1. The number of aryl methyl sites for hydroxylation is 2. The third-order valence-corrected chi connectivity index (χ3v) is 8.59. The van der Waals surface area contributed by atoms with Gasteiger partial charge in [0.25, 0.3) is 5.91 Å². The Morgan fingerprint density at radius 3 is 1.78 bits per heavy atom. The molecule has 0 fully saturated rings. The Balaban J connectivity index is 1.49. The summed E-state index contributed by atoms with van der Waals surface area (Å²) in [6, 6.07) is 32.4. The van der Waals surface area contributed by atoms with E-state index in [0.29, 0.717) is 25.0 Å². The van der Waals surface area contributed by atoms with Gasteiger partial charge in [0.15, 0.2) is 6.61 Å². The summed E-state index contributed by atoms with van der Waals surface area (Å²) >= 11 is 0. The van der Waals surface area contributed by atoms with Crippen LogP contribution in [0.1, 0.15) is 54.5 Å². The lowest BCUT2D eigenvalue weighted by atomic mass is 9.93. The first kappa shape index (κ1) is 38.6. The van der Waals surface area contributed by atoms with Gasteiger partial charge in [0.1, 0.15) is 18.4 Å². The summed E-state index contributed by atoms with van der Waals surface area (Å²) in [5.74, 6) is 0.0193. The molecule has 9 nitrogen and oxygen atoms in total. The van der Waals surface area contributed by atoms with Gasteiger partial charge in [-0.1, -0.05) is 123 Å². The highest BCUT2D eigenvalue weighted by atomic mass is 16.5. The zero-order chi connectivity index (χ0) is 36.6. The van der Waals surface area contributed by atoms with Gasteiger partial charge < -0.3 is 30.5 Å². The molecule has 4 N–H and O–H groups in total. The number of benzene rings is 4. The van der Waals surface area contributed by atoms with Crippen LogP contribution in [0.4, 0.5) is 4.79 Å². The zero-order valence-corrected chi connectivity index (χ0v) is 30.0. The molecule has 3 amide bonds. The summed E-state index contributed by atoms with van der Waals surface area (Å²) in [6.07, 6.45) is -0.427. The van der Waals surface area contributed by atoms with E-state index in [2.05, 4.69) is 16.0 Å². The highest BCUT2D eigenvalue weighted by molar-refractivity contribution is 5.86. The zero-order valence-electron chi connectivity index (χ0n) is 30.0. The van der Waals surface area contributed by atoms with Gasteiger partial charge in [-0.2, -0.15) is 0 Å². The molecular formula is C42H51N3O6. The molecule has 0 aliphatic rings. The second kappa shape index (κ2) is 19.9. The number of ether oxygens (including phenoxy) is 2. The lowest BCUT2D eigenvalue weighted by Crippen LogP contribution is -2.54. The monoisotopic (exact) mass is 693 g/mol. The number of hydrogen-bond donors (Lipinski definition) is 4. The molecule has 4 rings (SSSR count). The Morgan fingerprint density at radius 2 is 1.22 bits per heavy atom. The van der Waals surface area contributed by atoms with Gasteiger partial charge in [0, 0.05) is 6.04 Å². The second-order valence-corrected chi connectivity index (χ2v) is 13.5. The maximum Gasteiger partial charge on any atom is 0.408 e. The summed E-state index contributed by atoms with van der Waals surface area (Å²) < 4.78 is 11.3. The molecule has 0 aliphatic carbocycles. The van der Waals surface area contributed by atoms with Crippen LogP contribution < -0.4 is 20.7 Å². The highest BCUT2D eigenvalue weighted by Crippen LogP contribution is 2.22. The van der Waals surface area contributed by atoms with Gasteiger partial charge in [-0.15, -0.1) is 0 Å². The molecule has 4 atom stereocenters. The Hall–Kier alpha value is -5.15. The van der Waals surface area contributed by atoms with E-state index >= 15 is 0 Å². The van der Waals surface area contributed by atoms with Crippen molar-refractivity contribution in [1.82, 2.24) is 16.0 Å². The van der Waals surface area contributed by atoms with E-state index in [1.165, 1.54) is 0 Å². The molecule has 4 aromatic carbocycles. The van der Waals surface area contributed by atoms with Gasteiger partial charge in [0.05, 0.1) is 12.1 Å². The van der Waals surface area contributed by atoms with E-state index in [9.17, 15) is 19.5 Å². The van der Waals surface area contributed by atoms with Crippen molar-refractivity contribution >= 4 is 17.9 Å². The normalized spacial score (nSPS) is 13.4. The molecule has 0 heterocycles. The Bertz CT molecular complexity index is 1650. The maximum absolute atomic E-state index is 13.8. The van der Waals surface area contributed by atoms with Crippen LogP contribution in [0.5, 0.6) is 5.75 Å². The third-order valence-electron chi connectivity index (χ3n) is 8.59. The predicted molar refractivity (Wildman–Crippen MR) is 199 cm³/mol. The first-order valence-electron chi connectivity index (χ1n) is 17.6. The quantitative estimate of drug-likeness (QED) is 0.0980. The highest BCUT2D eigenvalue weighted by Gasteiger charge is 2.30. The Morgan fingerprint density at radius 1 is 0.667 bits per heavy atom. The van der Waals surface area contributed by atoms with E-state index in [0.717, 1.165) is 27.8 Å². The van der Waals surface area contributed by atoms with Crippen LogP contribution in [-0.2, 0) is 33.8 Å². The van der Waals surface area contributed by atoms with Gasteiger partial charge in [-0.05, 0) is 73.3 Å². The van der Waals surface area contributed by atoms with Gasteiger partial charge in [-0.3, -0.25) is 9.59 Å². The number of amides is 3. The van der Waals surface area contributed by atoms with Crippen molar-refractivity contribution < 1.29 is 29.0 Å². The number of alkyl carbamates (subject to hydrolysis) is 1. The summed E-state index contributed by atoms with van der Waals surface area (Å²) in [4.78, 5) is 39.9. The van der Waals surface area contributed by atoms with Crippen LogP contribution in [0.2, 0.25) is 0 Å². The first-order valence-corrected chi connectivity index (χ1v) is 17.6. The molecular weight excluding hydrogens is 642 g/mol. The minimum Gasteiger partial charge on any atom is -0.483 e. The smallest absolute Gasteiger partial charge is 0.408 e. The number of carbonyl (C=O) groups is 3. The third kappa shape index (κ3) is 13.2. The molecule has 0 spiro atoms. The largest absolute Gasteiger partial charge is 0.483 e. The molecule has 9 heteroatoms. The fourth-order valence-corrected chi connectivity index (χ4v) is 6.03. The number of aliphatic hydroxyl groups is 1. The van der Waals surface area contributed by atoms with E-state index in [4.69, 9.17) is 9.47 Å². The number of nitrogens with one attached hydrogen (secondary N) is 3. The summed E-state index contributed by atoms with van der Waals surface area (Å²) in [5, 5.41) is 20.6. The van der Waals surface area contributed by atoms with Crippen molar-refractivity contribution in [2.24, 2.45) is 5.92 Å². The van der Waals surface area contributed by atoms with Crippen LogP contribution in [0.25, 0.3) is 0 Å². The van der Waals surface area contributed by atoms with Crippen LogP contribution in [0, 0.1) is 19.8 Å². The van der Waals surface area contributed by atoms with Crippen molar-refractivity contribution in [2.75, 3.05) is 6.61 Å². The summed E-state index contributed by atoms with van der Waals surface area (Å²) in [7, 11) is 0. The van der Waals surface area contributed by atoms with E-state index in [1.54, 1.807) is 0 Å². The topological polar surface area (TPSA) is 126 Å². The number of carbonyl (C=O) groups excluding carboxylic acids is 3. The fraction of sp³-hybridized carbons (Fsp3) is 0.357. The fourth-order valence-electron chi connectivity index (χ4n) is 6.03. The summed E-state index contributed by atoms with van der Waals surface area (Å²) in [6.45, 7) is 7.70. The molecule has 0 bridgehead atoms. The van der Waals surface area contributed by atoms with Crippen LogP contribution in [0.15, 0.2) is 109 Å². The van der Waals surface area contributed by atoms with E-state index in [1.807, 2.05) is 137 Å². The molecule has 0 aliphatic heterocycles. The van der Waals surface area contributed by atoms with Crippen LogP contribution >= 0.6 is 0 Å². The molecule has 270 valence electrons. The number of hydrogen-bond acceptors (Lipinski definition) is 6. The van der Waals surface area contributed by atoms with Gasteiger partial charge >= 0.3 is 6.09 Å². The number of rotatable bonds is 18. The Labute approximate surface area is 301 Å². The molecule has 4 aromatic rings. The van der Waals surface area contributed by atoms with Crippen molar-refractivity contribution in [3.8, 4) is 5.75 Å². The van der Waals surface area contributed by atoms with Gasteiger partial charge in [0.2, 0.25) is 5.91 Å². The Kier molecular flexibility index (Phi) is 15.1. The van der Waals surface area contributed by atoms with Crippen LogP contribution in [0.3, 0.4) is 0 Å². The molecule has 0 aromatic heterocycles. The minimum atomic E-state index is -1.05. The summed E-state index contributed by atoms with van der Waals surface area (Å²) in [5.41, 5.74) is 4.62. The van der Waals surface area contributed by atoms with Gasteiger partial charge in [-0.25, -0.2) is 4.79 Å². The van der Waals surface area contributed by atoms with Crippen molar-refractivity contribution in [1.29, 1.82) is 0 Å². The first-order chi connectivity index (χ1) is 24.6. The predicted octanol–water partition coefficient (Wildman–Crippen LogP) is 6.23. The average Bonchev–Trinajstić information content (AvgIpc) is 3.11. The SMILES string of the molecule is Cc1cccc(C)c1OCC(=O)N[C@@H](Cc1ccccc1)C[C@H](O)[C@H](Cc1ccccc1)NC(=O)[C@H](CC(C)C)NC(=O)OCc1ccccc1. The molecule has 0 saturated heterocycles.